The zero-order valence-electron chi connectivity index (χ0n) is 18.6. The minimum absolute atomic E-state index is 0.407. The van der Waals surface area contributed by atoms with Crippen LogP contribution in [-0.4, -0.2) is 21.8 Å². The fraction of sp³-hybridized carbons (Fsp3) is 0.120. The summed E-state index contributed by atoms with van der Waals surface area (Å²) in [6.07, 6.45) is 3.00. The Bertz CT molecular complexity index is 1310. The molecule has 2 N–H and O–H groups in total. The summed E-state index contributed by atoms with van der Waals surface area (Å²) < 4.78 is 5.72. The van der Waals surface area contributed by atoms with Crippen molar-refractivity contribution in [3.63, 3.8) is 0 Å². The van der Waals surface area contributed by atoms with Gasteiger partial charge in [-0.25, -0.2) is 9.97 Å². The molecule has 0 aliphatic rings. The van der Waals surface area contributed by atoms with E-state index in [9.17, 15) is 9.59 Å². The number of carbonyl (C=O) groups is 2. The maximum Gasteiger partial charge on any atom is 0.281 e. The molecule has 2 heterocycles. The second kappa shape index (κ2) is 10.9. The number of rotatable bonds is 7. The number of amides is 2. The van der Waals surface area contributed by atoms with Gasteiger partial charge in [0.05, 0.1) is 16.4 Å². The number of carbonyl (C=O) groups excluding carboxylic acids is 2. The molecule has 4 aromatic rings. The molecule has 0 aliphatic heterocycles. The number of ether oxygens (including phenoxy) is 1. The van der Waals surface area contributed by atoms with E-state index in [-0.39, 0.29) is 0 Å². The van der Waals surface area contributed by atoms with Gasteiger partial charge in [-0.1, -0.05) is 42.5 Å². The largest absolute Gasteiger partial charge is 0.487 e. The summed E-state index contributed by atoms with van der Waals surface area (Å²) in [6.45, 7) is 4.14. The summed E-state index contributed by atoms with van der Waals surface area (Å²) in [5.41, 5.74) is 8.11. The summed E-state index contributed by atoms with van der Waals surface area (Å²) in [4.78, 5) is 33.9. The molecular formula is C25H22N4O3S2. The van der Waals surface area contributed by atoms with E-state index in [1.165, 1.54) is 17.4 Å². The fourth-order valence-corrected chi connectivity index (χ4v) is 4.57. The van der Waals surface area contributed by atoms with Crippen molar-refractivity contribution in [3.8, 4) is 16.3 Å². The first-order valence-electron chi connectivity index (χ1n) is 10.4. The highest BCUT2D eigenvalue weighted by molar-refractivity contribution is 7.17. The fourth-order valence-electron chi connectivity index (χ4n) is 3.01. The summed E-state index contributed by atoms with van der Waals surface area (Å²) >= 11 is 2.87. The van der Waals surface area contributed by atoms with Crippen molar-refractivity contribution in [1.29, 1.82) is 0 Å². The molecule has 0 aliphatic carbocycles. The molecule has 0 atom stereocenters. The van der Waals surface area contributed by atoms with Crippen LogP contribution in [0.15, 0.2) is 66.1 Å². The minimum Gasteiger partial charge on any atom is -0.487 e. The third-order valence-electron chi connectivity index (χ3n) is 4.68. The molecule has 4 rings (SSSR count). The van der Waals surface area contributed by atoms with Gasteiger partial charge < -0.3 is 4.74 Å². The third kappa shape index (κ3) is 6.15. The highest BCUT2D eigenvalue weighted by atomic mass is 32.1. The van der Waals surface area contributed by atoms with Gasteiger partial charge in [-0.15, -0.1) is 22.7 Å². The van der Waals surface area contributed by atoms with Gasteiger partial charge in [-0.2, -0.15) is 0 Å². The zero-order chi connectivity index (χ0) is 23.9. The van der Waals surface area contributed by atoms with Crippen LogP contribution in [0.2, 0.25) is 0 Å². The molecule has 2 aromatic heterocycles. The topological polar surface area (TPSA) is 93.2 Å². The highest BCUT2D eigenvalue weighted by Gasteiger charge is 2.16. The van der Waals surface area contributed by atoms with Crippen LogP contribution in [0.25, 0.3) is 16.6 Å². The lowest BCUT2D eigenvalue weighted by atomic mass is 10.2. The van der Waals surface area contributed by atoms with E-state index in [0.717, 1.165) is 26.8 Å². The lowest BCUT2D eigenvalue weighted by Crippen LogP contribution is -2.40. The lowest BCUT2D eigenvalue weighted by Gasteiger charge is -2.05. The Kier molecular flexibility index (Phi) is 7.46. The molecule has 0 fully saturated rings. The number of aromatic nitrogens is 2. The molecule has 2 aromatic carbocycles. The first kappa shape index (κ1) is 23.3. The van der Waals surface area contributed by atoms with E-state index in [1.807, 2.05) is 66.9 Å². The first-order chi connectivity index (χ1) is 16.5. The van der Waals surface area contributed by atoms with E-state index >= 15 is 0 Å². The van der Waals surface area contributed by atoms with Crippen LogP contribution in [0.1, 0.15) is 31.6 Å². The first-order valence-corrected chi connectivity index (χ1v) is 12.1. The van der Waals surface area contributed by atoms with Crippen molar-refractivity contribution in [2.45, 2.75) is 20.5 Å². The molecule has 0 saturated heterocycles. The molecule has 0 spiro atoms. The average Bonchev–Trinajstić information content (AvgIpc) is 3.46. The summed E-state index contributed by atoms with van der Waals surface area (Å²) in [7, 11) is 0. The number of aryl methyl sites for hydroxylation is 2. The molecule has 172 valence electrons. The predicted molar refractivity (Wildman–Crippen MR) is 135 cm³/mol. The molecule has 9 heteroatoms. The summed E-state index contributed by atoms with van der Waals surface area (Å²) in [5, 5.41) is 3.73. The van der Waals surface area contributed by atoms with E-state index in [0.29, 0.717) is 22.9 Å². The molecule has 0 bridgehead atoms. The highest BCUT2D eigenvalue weighted by Crippen LogP contribution is 2.27. The third-order valence-corrected chi connectivity index (χ3v) is 6.71. The van der Waals surface area contributed by atoms with E-state index < -0.39 is 11.8 Å². The average molecular weight is 491 g/mol. The maximum absolute atomic E-state index is 12.5. The smallest absolute Gasteiger partial charge is 0.281 e. The Hall–Kier alpha value is -3.82. The number of nitrogens with zero attached hydrogens (tertiary/aromatic N) is 2. The Balaban J connectivity index is 1.27. The number of hydrogen-bond acceptors (Lipinski definition) is 7. The number of nitrogens with one attached hydrogen (secondary N) is 2. The van der Waals surface area contributed by atoms with Crippen molar-refractivity contribution in [2.24, 2.45) is 0 Å². The number of hydrogen-bond donors (Lipinski definition) is 2. The van der Waals surface area contributed by atoms with Crippen molar-refractivity contribution in [3.05, 3.63) is 92.9 Å². The van der Waals surface area contributed by atoms with E-state index in [2.05, 4.69) is 20.8 Å². The maximum atomic E-state index is 12.5. The van der Waals surface area contributed by atoms with Crippen molar-refractivity contribution >= 4 is 40.6 Å². The Labute approximate surface area is 205 Å². The van der Waals surface area contributed by atoms with Gasteiger partial charge in [0.25, 0.3) is 11.8 Å². The van der Waals surface area contributed by atoms with Gasteiger partial charge >= 0.3 is 0 Å². The van der Waals surface area contributed by atoms with Crippen LogP contribution in [0.5, 0.6) is 5.75 Å². The van der Waals surface area contributed by atoms with E-state index in [1.54, 1.807) is 24.3 Å². The second-order valence-electron chi connectivity index (χ2n) is 7.29. The van der Waals surface area contributed by atoms with Gasteiger partial charge in [0.15, 0.2) is 0 Å². The number of thiazole rings is 2. The molecule has 2 amide bonds. The van der Waals surface area contributed by atoms with Gasteiger partial charge in [0.2, 0.25) is 0 Å². The van der Waals surface area contributed by atoms with Crippen LogP contribution in [0.3, 0.4) is 0 Å². The van der Waals surface area contributed by atoms with Crippen LogP contribution in [0, 0.1) is 13.8 Å². The quantitative estimate of drug-likeness (QED) is 0.283. The van der Waals surface area contributed by atoms with Gasteiger partial charge in [0, 0.05) is 17.0 Å². The van der Waals surface area contributed by atoms with Gasteiger partial charge in [-0.3, -0.25) is 20.4 Å². The molecular weight excluding hydrogens is 468 g/mol. The normalized spacial score (nSPS) is 10.9. The Morgan fingerprint density at radius 1 is 1.00 bits per heavy atom. The molecule has 7 nitrogen and oxygen atoms in total. The molecule has 0 radical (unpaired) electrons. The number of benzene rings is 2. The van der Waals surface area contributed by atoms with Crippen molar-refractivity contribution < 1.29 is 14.3 Å². The van der Waals surface area contributed by atoms with E-state index in [4.69, 9.17) is 4.74 Å². The van der Waals surface area contributed by atoms with Gasteiger partial charge in [0.1, 0.15) is 22.2 Å². The van der Waals surface area contributed by atoms with Crippen molar-refractivity contribution in [1.82, 2.24) is 20.8 Å². The SMILES string of the molecule is Cc1nc(COc2ccc(/C=C/C(=O)NNC(=O)c3sc(-c4ccccc4)nc3C)cc2)cs1. The summed E-state index contributed by atoms with van der Waals surface area (Å²) in [5.74, 6) is -0.136. The Morgan fingerprint density at radius 3 is 2.47 bits per heavy atom. The van der Waals surface area contributed by atoms with Crippen LogP contribution in [0.4, 0.5) is 0 Å². The number of hydrazine groups is 1. The van der Waals surface area contributed by atoms with Gasteiger partial charge in [-0.05, 0) is 37.6 Å². The van der Waals surface area contributed by atoms with Crippen LogP contribution in [-0.2, 0) is 11.4 Å². The molecule has 0 saturated carbocycles. The summed E-state index contributed by atoms with van der Waals surface area (Å²) in [6, 6.07) is 17.0. The van der Waals surface area contributed by atoms with Crippen LogP contribution >= 0.6 is 22.7 Å². The second-order valence-corrected chi connectivity index (χ2v) is 9.35. The molecule has 34 heavy (non-hydrogen) atoms. The Morgan fingerprint density at radius 2 is 1.76 bits per heavy atom. The monoisotopic (exact) mass is 490 g/mol. The lowest BCUT2D eigenvalue weighted by molar-refractivity contribution is -0.117. The molecule has 0 unspecified atom stereocenters. The predicted octanol–water partition coefficient (Wildman–Crippen LogP) is 4.94. The minimum atomic E-state index is -0.446. The van der Waals surface area contributed by atoms with Crippen LogP contribution < -0.4 is 15.6 Å². The van der Waals surface area contributed by atoms with Crippen molar-refractivity contribution in [2.75, 3.05) is 0 Å². The standard InChI is InChI=1S/C25H22N4O3S2/c1-16-23(34-25(26-16)19-6-4-3-5-7-19)24(31)29-28-22(30)13-10-18-8-11-21(12-9-18)32-14-20-15-33-17(2)27-20/h3-13,15H,14H2,1-2H3,(H,28,30)(H,29,31)/b13-10+. The zero-order valence-corrected chi connectivity index (χ0v) is 20.2.